The summed E-state index contributed by atoms with van der Waals surface area (Å²) >= 11 is 0. The molecule has 0 saturated heterocycles. The van der Waals surface area contributed by atoms with Crippen molar-refractivity contribution in [1.82, 2.24) is 0 Å². The summed E-state index contributed by atoms with van der Waals surface area (Å²) in [5, 5.41) is 9.97. The van der Waals surface area contributed by atoms with Gasteiger partial charge in [-0.1, -0.05) is 18.2 Å². The van der Waals surface area contributed by atoms with Crippen LogP contribution in [0, 0.1) is 0 Å². The SMILES string of the molecule is CC(C(=O)Nc1ccccc1)S(=O)(=O)C(C)(C)C(=O)O. The molecule has 7 heteroatoms. The van der Waals surface area contributed by atoms with Gasteiger partial charge in [0.2, 0.25) is 5.91 Å². The molecule has 0 aromatic heterocycles. The van der Waals surface area contributed by atoms with Crippen LogP contribution in [-0.4, -0.2) is 35.4 Å². The minimum absolute atomic E-state index is 0.452. The van der Waals surface area contributed by atoms with E-state index in [1.165, 1.54) is 6.92 Å². The second kappa shape index (κ2) is 5.62. The van der Waals surface area contributed by atoms with Crippen molar-refractivity contribution in [2.45, 2.75) is 30.8 Å². The molecule has 1 unspecified atom stereocenters. The first-order chi connectivity index (χ1) is 9.10. The molecule has 6 nitrogen and oxygen atoms in total. The molecule has 0 bridgehead atoms. The molecule has 0 heterocycles. The third-order valence-electron chi connectivity index (χ3n) is 3.10. The molecule has 20 heavy (non-hydrogen) atoms. The van der Waals surface area contributed by atoms with Crippen molar-refractivity contribution in [1.29, 1.82) is 0 Å². The predicted molar refractivity (Wildman–Crippen MR) is 75.2 cm³/mol. The van der Waals surface area contributed by atoms with Gasteiger partial charge in [0.25, 0.3) is 0 Å². The summed E-state index contributed by atoms with van der Waals surface area (Å²) < 4.78 is 22.3. The number of carboxylic acid groups (broad SMARTS) is 1. The van der Waals surface area contributed by atoms with Gasteiger partial charge in [-0.25, -0.2) is 8.42 Å². The monoisotopic (exact) mass is 299 g/mol. The van der Waals surface area contributed by atoms with E-state index in [2.05, 4.69) is 5.32 Å². The van der Waals surface area contributed by atoms with E-state index in [0.717, 1.165) is 13.8 Å². The maximum atomic E-state index is 12.2. The zero-order valence-corrected chi connectivity index (χ0v) is 12.3. The molecular weight excluding hydrogens is 282 g/mol. The molecule has 2 N–H and O–H groups in total. The standard InChI is InChI=1S/C13H17NO5S/c1-9(20(18,19)13(2,3)12(16)17)11(15)14-10-7-5-4-6-8-10/h4-9H,1-3H3,(H,14,15)(H,16,17). The zero-order chi connectivity index (χ0) is 15.6. The van der Waals surface area contributed by atoms with Crippen molar-refractivity contribution < 1.29 is 23.1 Å². The Balaban J connectivity index is 2.97. The molecule has 1 aromatic carbocycles. The molecule has 110 valence electrons. The molecule has 0 fully saturated rings. The number of amides is 1. The Kier molecular flexibility index (Phi) is 4.54. The number of sulfone groups is 1. The average molecular weight is 299 g/mol. The van der Waals surface area contributed by atoms with Crippen LogP contribution in [-0.2, 0) is 19.4 Å². The number of benzene rings is 1. The average Bonchev–Trinajstić information content (AvgIpc) is 2.38. The van der Waals surface area contributed by atoms with Crippen LogP contribution in [0.15, 0.2) is 30.3 Å². The minimum atomic E-state index is -4.17. The molecular formula is C13H17NO5S. The Morgan fingerprint density at radius 1 is 1.20 bits per heavy atom. The highest BCUT2D eigenvalue weighted by molar-refractivity contribution is 7.94. The van der Waals surface area contributed by atoms with Gasteiger partial charge in [0.05, 0.1) is 0 Å². The van der Waals surface area contributed by atoms with Gasteiger partial charge in [-0.15, -0.1) is 0 Å². The first-order valence-corrected chi connectivity index (χ1v) is 7.48. The number of hydrogen-bond acceptors (Lipinski definition) is 4. The van der Waals surface area contributed by atoms with Crippen LogP contribution >= 0.6 is 0 Å². The number of para-hydroxylation sites is 1. The highest BCUT2D eigenvalue weighted by Gasteiger charge is 2.47. The number of hydrogen-bond donors (Lipinski definition) is 2. The summed E-state index contributed by atoms with van der Waals surface area (Å²) in [7, 11) is -4.17. The van der Waals surface area contributed by atoms with Gasteiger partial charge in [0.1, 0.15) is 5.25 Å². The van der Waals surface area contributed by atoms with Gasteiger partial charge in [0.15, 0.2) is 14.6 Å². The maximum absolute atomic E-state index is 12.2. The molecule has 1 aromatic rings. The van der Waals surface area contributed by atoms with Crippen LogP contribution in [0.3, 0.4) is 0 Å². The highest BCUT2D eigenvalue weighted by Crippen LogP contribution is 2.23. The van der Waals surface area contributed by atoms with Crippen molar-refractivity contribution in [2.75, 3.05) is 5.32 Å². The van der Waals surface area contributed by atoms with Gasteiger partial charge in [-0.3, -0.25) is 9.59 Å². The summed E-state index contributed by atoms with van der Waals surface area (Å²) in [5.41, 5.74) is 0.452. The van der Waals surface area contributed by atoms with Gasteiger partial charge < -0.3 is 10.4 Å². The highest BCUT2D eigenvalue weighted by atomic mass is 32.2. The van der Waals surface area contributed by atoms with Crippen LogP contribution < -0.4 is 5.32 Å². The molecule has 1 amide bonds. The van der Waals surface area contributed by atoms with E-state index in [4.69, 9.17) is 5.11 Å². The number of anilines is 1. The number of nitrogens with one attached hydrogen (secondary N) is 1. The lowest BCUT2D eigenvalue weighted by atomic mass is 10.2. The van der Waals surface area contributed by atoms with Gasteiger partial charge in [0, 0.05) is 5.69 Å². The fraction of sp³-hybridized carbons (Fsp3) is 0.385. The third-order valence-corrected chi connectivity index (χ3v) is 5.84. The smallest absolute Gasteiger partial charge is 0.324 e. The van der Waals surface area contributed by atoms with E-state index in [9.17, 15) is 18.0 Å². The number of carbonyl (C=O) groups is 2. The van der Waals surface area contributed by atoms with E-state index in [0.29, 0.717) is 5.69 Å². The molecule has 0 saturated carbocycles. The van der Waals surface area contributed by atoms with Crippen molar-refractivity contribution in [3.05, 3.63) is 30.3 Å². The van der Waals surface area contributed by atoms with Crippen molar-refractivity contribution in [3.8, 4) is 0 Å². The Bertz CT molecular complexity index is 607. The van der Waals surface area contributed by atoms with Crippen LogP contribution in [0.5, 0.6) is 0 Å². The number of aliphatic carboxylic acids is 1. The Labute approximate surface area is 117 Å². The normalized spacial score (nSPS) is 13.6. The second-order valence-electron chi connectivity index (χ2n) is 4.86. The first kappa shape index (κ1) is 16.2. The van der Waals surface area contributed by atoms with Crippen LogP contribution in [0.1, 0.15) is 20.8 Å². The summed E-state index contributed by atoms with van der Waals surface area (Å²) in [6.07, 6.45) is 0. The molecule has 1 atom stereocenters. The lowest BCUT2D eigenvalue weighted by Gasteiger charge is -2.23. The fourth-order valence-electron chi connectivity index (χ4n) is 1.47. The Morgan fingerprint density at radius 3 is 2.15 bits per heavy atom. The molecule has 0 aliphatic heterocycles. The van der Waals surface area contributed by atoms with Gasteiger partial charge >= 0.3 is 5.97 Å². The van der Waals surface area contributed by atoms with Crippen molar-refractivity contribution >= 4 is 27.4 Å². The van der Waals surface area contributed by atoms with E-state index in [1.807, 2.05) is 0 Å². The van der Waals surface area contributed by atoms with Crippen molar-refractivity contribution in [3.63, 3.8) is 0 Å². The lowest BCUT2D eigenvalue weighted by Crippen LogP contribution is -2.48. The summed E-state index contributed by atoms with van der Waals surface area (Å²) in [4.78, 5) is 23.0. The number of carboxylic acids is 1. The van der Waals surface area contributed by atoms with E-state index in [1.54, 1.807) is 30.3 Å². The Morgan fingerprint density at radius 2 is 1.70 bits per heavy atom. The predicted octanol–water partition coefficient (Wildman–Crippen LogP) is 1.29. The second-order valence-corrected chi connectivity index (χ2v) is 7.68. The fourth-order valence-corrected chi connectivity index (χ4v) is 2.94. The summed E-state index contributed by atoms with van der Waals surface area (Å²) in [5.74, 6) is -2.25. The van der Waals surface area contributed by atoms with Crippen molar-refractivity contribution in [2.24, 2.45) is 0 Å². The van der Waals surface area contributed by atoms with Crippen LogP contribution in [0.2, 0.25) is 0 Å². The van der Waals surface area contributed by atoms with E-state index >= 15 is 0 Å². The van der Waals surface area contributed by atoms with E-state index in [-0.39, 0.29) is 0 Å². The molecule has 0 aliphatic carbocycles. The molecule has 0 aliphatic rings. The van der Waals surface area contributed by atoms with Gasteiger partial charge in [-0.2, -0.15) is 0 Å². The zero-order valence-electron chi connectivity index (χ0n) is 11.5. The lowest BCUT2D eigenvalue weighted by molar-refractivity contribution is -0.139. The summed E-state index contributed by atoms with van der Waals surface area (Å²) in [6.45, 7) is 3.31. The molecule has 0 radical (unpaired) electrons. The number of rotatable bonds is 5. The first-order valence-electron chi connectivity index (χ1n) is 5.93. The largest absolute Gasteiger partial charge is 0.480 e. The Hall–Kier alpha value is -1.89. The quantitative estimate of drug-likeness (QED) is 0.853. The van der Waals surface area contributed by atoms with Crippen LogP contribution in [0.25, 0.3) is 0 Å². The third kappa shape index (κ3) is 2.98. The van der Waals surface area contributed by atoms with Gasteiger partial charge in [-0.05, 0) is 32.9 Å². The topological polar surface area (TPSA) is 101 Å². The minimum Gasteiger partial charge on any atom is -0.480 e. The van der Waals surface area contributed by atoms with E-state index < -0.39 is 31.7 Å². The number of carbonyl (C=O) groups excluding carboxylic acids is 1. The molecule has 1 rings (SSSR count). The summed E-state index contributed by atoms with van der Waals surface area (Å²) in [6, 6.07) is 8.36. The van der Waals surface area contributed by atoms with Crippen LogP contribution in [0.4, 0.5) is 5.69 Å². The molecule has 0 spiro atoms. The maximum Gasteiger partial charge on any atom is 0.324 e.